The first-order valence-corrected chi connectivity index (χ1v) is 2.97. The molecule has 0 radical (unpaired) electrons. The molecule has 0 aliphatic heterocycles. The first-order valence-electron chi connectivity index (χ1n) is 2.97. The second-order valence-corrected chi connectivity index (χ2v) is 1.89. The van der Waals surface area contributed by atoms with Gasteiger partial charge in [0.2, 0.25) is 5.91 Å². The molecule has 0 aromatic heterocycles. The van der Waals surface area contributed by atoms with Crippen molar-refractivity contribution >= 4 is 5.91 Å². The molecule has 0 heterocycles. The molecule has 0 unspecified atom stereocenters. The standard InChI is InChI=1S/C7H12N2O/c1-3-4-9-5-6(2)7(8)10/h3,9H,1-2,4-5H2,(H2,8,10). The summed E-state index contributed by atoms with van der Waals surface area (Å²) < 4.78 is 0. The molecule has 0 rings (SSSR count). The van der Waals surface area contributed by atoms with Crippen molar-refractivity contribution in [3.63, 3.8) is 0 Å². The molecule has 0 spiro atoms. The lowest BCUT2D eigenvalue weighted by atomic mass is 10.3. The largest absolute Gasteiger partial charge is 0.366 e. The van der Waals surface area contributed by atoms with E-state index in [9.17, 15) is 4.79 Å². The summed E-state index contributed by atoms with van der Waals surface area (Å²) in [6.45, 7) is 8.04. The normalized spacial score (nSPS) is 8.80. The Kier molecular flexibility index (Phi) is 4.24. The van der Waals surface area contributed by atoms with Crippen molar-refractivity contribution in [2.24, 2.45) is 5.73 Å². The SMILES string of the molecule is C=CCNCC(=C)C(N)=O. The van der Waals surface area contributed by atoms with Gasteiger partial charge in [0.25, 0.3) is 0 Å². The quantitative estimate of drug-likeness (QED) is 0.316. The van der Waals surface area contributed by atoms with E-state index >= 15 is 0 Å². The van der Waals surface area contributed by atoms with Gasteiger partial charge in [-0.25, -0.2) is 0 Å². The zero-order valence-corrected chi connectivity index (χ0v) is 5.89. The number of nitrogens with two attached hydrogens (primary N) is 1. The Balaban J connectivity index is 3.40. The van der Waals surface area contributed by atoms with E-state index in [1.54, 1.807) is 6.08 Å². The number of primary amides is 1. The molecule has 3 N–H and O–H groups in total. The van der Waals surface area contributed by atoms with Crippen molar-refractivity contribution in [3.8, 4) is 0 Å². The predicted octanol–water partition coefficient (Wildman–Crippen LogP) is -0.197. The van der Waals surface area contributed by atoms with Gasteiger partial charge in [-0.1, -0.05) is 12.7 Å². The topological polar surface area (TPSA) is 55.1 Å². The maximum Gasteiger partial charge on any atom is 0.245 e. The van der Waals surface area contributed by atoms with Crippen LogP contribution in [0.15, 0.2) is 24.8 Å². The predicted molar refractivity (Wildman–Crippen MR) is 41.4 cm³/mol. The number of hydrogen-bond donors (Lipinski definition) is 2. The van der Waals surface area contributed by atoms with Gasteiger partial charge in [0.1, 0.15) is 0 Å². The molecule has 3 nitrogen and oxygen atoms in total. The van der Waals surface area contributed by atoms with E-state index in [4.69, 9.17) is 5.73 Å². The minimum absolute atomic E-state index is 0.391. The van der Waals surface area contributed by atoms with Gasteiger partial charge in [-0.3, -0.25) is 4.79 Å². The van der Waals surface area contributed by atoms with E-state index in [1.807, 2.05) is 0 Å². The number of carbonyl (C=O) groups excluding carboxylic acids is 1. The summed E-state index contributed by atoms with van der Waals surface area (Å²) in [4.78, 5) is 10.4. The monoisotopic (exact) mass is 140 g/mol. The molecule has 0 atom stereocenters. The molecule has 0 bridgehead atoms. The Hall–Kier alpha value is -1.09. The van der Waals surface area contributed by atoms with Crippen LogP contribution in [0.3, 0.4) is 0 Å². The number of nitrogens with one attached hydrogen (secondary N) is 1. The summed E-state index contributed by atoms with van der Waals surface area (Å²) in [5.74, 6) is -0.462. The first-order chi connectivity index (χ1) is 4.68. The molecule has 10 heavy (non-hydrogen) atoms. The molecule has 0 saturated carbocycles. The average molecular weight is 140 g/mol. The van der Waals surface area contributed by atoms with Gasteiger partial charge >= 0.3 is 0 Å². The van der Waals surface area contributed by atoms with Crippen LogP contribution in [0.5, 0.6) is 0 Å². The number of hydrogen-bond acceptors (Lipinski definition) is 2. The maximum atomic E-state index is 10.4. The molecular weight excluding hydrogens is 128 g/mol. The Labute approximate surface area is 60.6 Å². The van der Waals surface area contributed by atoms with Gasteiger partial charge in [-0.15, -0.1) is 6.58 Å². The van der Waals surface area contributed by atoms with Gasteiger partial charge in [-0.2, -0.15) is 0 Å². The molecule has 0 saturated heterocycles. The molecule has 1 amide bonds. The van der Waals surface area contributed by atoms with Crippen LogP contribution in [0.4, 0.5) is 0 Å². The fraction of sp³-hybridized carbons (Fsp3) is 0.286. The van der Waals surface area contributed by atoms with Crippen LogP contribution in [0.25, 0.3) is 0 Å². The lowest BCUT2D eigenvalue weighted by Crippen LogP contribution is -2.24. The summed E-state index contributed by atoms with van der Waals surface area (Å²) in [5.41, 5.74) is 5.30. The van der Waals surface area contributed by atoms with Crippen molar-refractivity contribution in [2.75, 3.05) is 13.1 Å². The minimum Gasteiger partial charge on any atom is -0.366 e. The van der Waals surface area contributed by atoms with Crippen molar-refractivity contribution in [3.05, 3.63) is 24.8 Å². The highest BCUT2D eigenvalue weighted by Gasteiger charge is 1.97. The van der Waals surface area contributed by atoms with Crippen LogP contribution in [0, 0.1) is 0 Å². The summed E-state index contributed by atoms with van der Waals surface area (Å²) in [6, 6.07) is 0. The van der Waals surface area contributed by atoms with Crippen LogP contribution in [0.1, 0.15) is 0 Å². The van der Waals surface area contributed by atoms with E-state index in [0.29, 0.717) is 18.7 Å². The molecule has 0 aliphatic carbocycles. The summed E-state index contributed by atoms with van der Waals surface area (Å²) in [5, 5.41) is 2.90. The lowest BCUT2D eigenvalue weighted by Gasteiger charge is -1.99. The highest BCUT2D eigenvalue weighted by Crippen LogP contribution is 1.82. The van der Waals surface area contributed by atoms with Gasteiger partial charge in [0.15, 0.2) is 0 Å². The summed E-state index contributed by atoms with van der Waals surface area (Å²) >= 11 is 0. The molecule has 0 aromatic rings. The Morgan fingerprint density at radius 2 is 2.30 bits per heavy atom. The summed E-state index contributed by atoms with van der Waals surface area (Å²) in [6.07, 6.45) is 1.70. The third-order valence-electron chi connectivity index (χ3n) is 0.976. The Morgan fingerprint density at radius 3 is 2.70 bits per heavy atom. The molecular formula is C7H12N2O. The van der Waals surface area contributed by atoms with Crippen molar-refractivity contribution in [2.45, 2.75) is 0 Å². The second-order valence-electron chi connectivity index (χ2n) is 1.89. The fourth-order valence-corrected chi connectivity index (χ4v) is 0.412. The average Bonchev–Trinajstić information content (AvgIpc) is 1.88. The van der Waals surface area contributed by atoms with Crippen LogP contribution >= 0.6 is 0 Å². The van der Waals surface area contributed by atoms with Crippen molar-refractivity contribution < 1.29 is 4.79 Å². The first kappa shape index (κ1) is 8.91. The van der Waals surface area contributed by atoms with E-state index in [-0.39, 0.29) is 0 Å². The second kappa shape index (κ2) is 4.76. The number of rotatable bonds is 5. The van der Waals surface area contributed by atoms with Crippen LogP contribution in [-0.4, -0.2) is 19.0 Å². The third-order valence-corrected chi connectivity index (χ3v) is 0.976. The van der Waals surface area contributed by atoms with Gasteiger partial charge in [0.05, 0.1) is 0 Å². The van der Waals surface area contributed by atoms with Crippen LogP contribution in [0.2, 0.25) is 0 Å². The molecule has 0 aliphatic rings. The molecule has 0 fully saturated rings. The minimum atomic E-state index is -0.462. The van der Waals surface area contributed by atoms with Gasteiger partial charge in [0, 0.05) is 18.7 Å². The fourth-order valence-electron chi connectivity index (χ4n) is 0.412. The molecule has 0 aromatic carbocycles. The highest BCUT2D eigenvalue weighted by molar-refractivity contribution is 5.91. The number of amides is 1. The van der Waals surface area contributed by atoms with E-state index in [0.717, 1.165) is 0 Å². The molecule has 56 valence electrons. The van der Waals surface area contributed by atoms with Crippen molar-refractivity contribution in [1.82, 2.24) is 5.32 Å². The van der Waals surface area contributed by atoms with E-state index < -0.39 is 5.91 Å². The van der Waals surface area contributed by atoms with E-state index in [2.05, 4.69) is 18.5 Å². The highest BCUT2D eigenvalue weighted by atomic mass is 16.1. The smallest absolute Gasteiger partial charge is 0.245 e. The third kappa shape index (κ3) is 3.86. The Morgan fingerprint density at radius 1 is 1.70 bits per heavy atom. The zero-order chi connectivity index (χ0) is 7.98. The number of carbonyl (C=O) groups is 1. The van der Waals surface area contributed by atoms with Crippen molar-refractivity contribution in [1.29, 1.82) is 0 Å². The molecule has 3 heteroatoms. The lowest BCUT2D eigenvalue weighted by molar-refractivity contribution is -0.114. The maximum absolute atomic E-state index is 10.4. The van der Waals surface area contributed by atoms with E-state index in [1.165, 1.54) is 0 Å². The zero-order valence-electron chi connectivity index (χ0n) is 5.89. The Bertz CT molecular complexity index is 152. The van der Waals surface area contributed by atoms with Gasteiger partial charge < -0.3 is 11.1 Å². The van der Waals surface area contributed by atoms with Crippen LogP contribution < -0.4 is 11.1 Å². The summed E-state index contributed by atoms with van der Waals surface area (Å²) in [7, 11) is 0. The van der Waals surface area contributed by atoms with Crippen LogP contribution in [-0.2, 0) is 4.79 Å². The van der Waals surface area contributed by atoms with Gasteiger partial charge in [-0.05, 0) is 0 Å².